The zero-order valence-electron chi connectivity index (χ0n) is 18.8. The molecule has 2 aromatic heterocycles. The number of ether oxygens (including phenoxy) is 2. The number of anilines is 2. The second-order valence-corrected chi connectivity index (χ2v) is 9.36. The number of benzene rings is 1. The Morgan fingerprint density at radius 1 is 1.15 bits per heavy atom. The van der Waals surface area contributed by atoms with Gasteiger partial charge in [-0.05, 0) is 18.2 Å². The highest BCUT2D eigenvalue weighted by molar-refractivity contribution is 7.99. The fourth-order valence-electron chi connectivity index (χ4n) is 4.14. The number of aryl methyl sites for hydroxylation is 1. The Hall–Kier alpha value is -3.05. The smallest absolute Gasteiger partial charge is 0.175 e. The van der Waals surface area contributed by atoms with Crippen LogP contribution in [0.4, 0.5) is 11.5 Å². The Bertz CT molecular complexity index is 1200. The molecule has 3 aromatic rings. The molecule has 0 amide bonds. The summed E-state index contributed by atoms with van der Waals surface area (Å²) in [5.41, 5.74) is 8.44. The van der Waals surface area contributed by atoms with Crippen LogP contribution in [0.1, 0.15) is 12.8 Å². The van der Waals surface area contributed by atoms with Gasteiger partial charge in [0.2, 0.25) is 0 Å². The highest BCUT2D eigenvalue weighted by Crippen LogP contribution is 2.43. The summed E-state index contributed by atoms with van der Waals surface area (Å²) < 4.78 is 13.7. The van der Waals surface area contributed by atoms with Gasteiger partial charge < -0.3 is 24.7 Å². The molecule has 0 spiro atoms. The number of ketones is 1. The molecule has 174 valence electrons. The number of imidazole rings is 1. The Labute approximate surface area is 196 Å². The maximum atomic E-state index is 11.6. The van der Waals surface area contributed by atoms with E-state index < -0.39 is 0 Å². The predicted octanol–water partition coefficient (Wildman–Crippen LogP) is 2.06. The first-order valence-corrected chi connectivity index (χ1v) is 11.8. The number of rotatable bonds is 7. The van der Waals surface area contributed by atoms with E-state index in [-0.39, 0.29) is 0 Å². The molecule has 11 heteroatoms. The SMILES string of the molecule is CN(C)c1cc2c(cc1Sc1nc3c(N)ncnc3n1CCCN1CCC(=O)C1)OCCO2. The summed E-state index contributed by atoms with van der Waals surface area (Å²) in [5.74, 6) is 2.16. The van der Waals surface area contributed by atoms with Crippen molar-refractivity contribution < 1.29 is 14.3 Å². The number of Topliss-reactive ketones (excluding diaryl/α,β-unsaturated/α-hetero) is 1. The van der Waals surface area contributed by atoms with Crippen molar-refractivity contribution in [2.75, 3.05) is 57.6 Å². The maximum Gasteiger partial charge on any atom is 0.175 e. The summed E-state index contributed by atoms with van der Waals surface area (Å²) in [6, 6.07) is 4.01. The maximum absolute atomic E-state index is 11.6. The lowest BCUT2D eigenvalue weighted by Crippen LogP contribution is -2.23. The van der Waals surface area contributed by atoms with Gasteiger partial charge in [0.15, 0.2) is 33.6 Å². The van der Waals surface area contributed by atoms with Crippen molar-refractivity contribution in [3.8, 4) is 11.5 Å². The van der Waals surface area contributed by atoms with Crippen molar-refractivity contribution in [1.82, 2.24) is 24.4 Å². The highest BCUT2D eigenvalue weighted by atomic mass is 32.2. The first kappa shape index (κ1) is 21.8. The average molecular weight is 470 g/mol. The van der Waals surface area contributed by atoms with Crippen LogP contribution in [0, 0.1) is 0 Å². The molecule has 0 aliphatic carbocycles. The lowest BCUT2D eigenvalue weighted by molar-refractivity contribution is -0.116. The van der Waals surface area contributed by atoms with E-state index in [1.165, 1.54) is 6.33 Å². The van der Waals surface area contributed by atoms with Gasteiger partial charge in [-0.1, -0.05) is 0 Å². The third-order valence-corrected chi connectivity index (χ3v) is 6.84. The average Bonchev–Trinajstić information content (AvgIpc) is 3.37. The van der Waals surface area contributed by atoms with Crippen molar-refractivity contribution in [3.63, 3.8) is 0 Å². The lowest BCUT2D eigenvalue weighted by Gasteiger charge is -2.23. The summed E-state index contributed by atoms with van der Waals surface area (Å²) in [6.07, 6.45) is 2.99. The number of nitrogen functional groups attached to an aromatic ring is 1. The number of likely N-dealkylation sites (tertiary alicyclic amines) is 1. The van der Waals surface area contributed by atoms with E-state index in [1.54, 1.807) is 11.8 Å². The van der Waals surface area contributed by atoms with Crippen LogP contribution in [0.3, 0.4) is 0 Å². The van der Waals surface area contributed by atoms with Gasteiger partial charge in [-0.2, -0.15) is 0 Å². The number of hydrogen-bond donors (Lipinski definition) is 1. The zero-order valence-corrected chi connectivity index (χ0v) is 19.6. The van der Waals surface area contributed by atoms with Crippen molar-refractivity contribution in [1.29, 1.82) is 0 Å². The topological polar surface area (TPSA) is 112 Å². The number of nitrogens with zero attached hydrogens (tertiary/aromatic N) is 6. The van der Waals surface area contributed by atoms with Crippen LogP contribution in [0.5, 0.6) is 11.5 Å². The molecule has 0 radical (unpaired) electrons. The molecule has 1 aromatic carbocycles. The Balaban J connectivity index is 1.47. The van der Waals surface area contributed by atoms with Crippen molar-refractivity contribution >= 4 is 40.2 Å². The van der Waals surface area contributed by atoms with Crippen molar-refractivity contribution in [3.05, 3.63) is 18.5 Å². The minimum Gasteiger partial charge on any atom is -0.486 e. The Morgan fingerprint density at radius 3 is 2.67 bits per heavy atom. The normalized spacial score (nSPS) is 16.0. The molecular formula is C22H27N7O3S. The Kier molecular flexibility index (Phi) is 5.98. The van der Waals surface area contributed by atoms with Crippen LogP contribution < -0.4 is 20.1 Å². The van der Waals surface area contributed by atoms with E-state index in [9.17, 15) is 4.79 Å². The monoisotopic (exact) mass is 469 g/mol. The molecule has 1 saturated heterocycles. The molecule has 2 aliphatic rings. The summed E-state index contributed by atoms with van der Waals surface area (Å²) in [5, 5.41) is 0.787. The van der Waals surface area contributed by atoms with Gasteiger partial charge in [-0.15, -0.1) is 0 Å². The van der Waals surface area contributed by atoms with E-state index in [4.69, 9.17) is 20.2 Å². The first-order chi connectivity index (χ1) is 16.0. The summed E-state index contributed by atoms with van der Waals surface area (Å²) in [6.45, 7) is 4.02. The van der Waals surface area contributed by atoms with Gasteiger partial charge >= 0.3 is 0 Å². The van der Waals surface area contributed by atoms with E-state index in [1.807, 2.05) is 31.1 Å². The standard InChI is InChI=1S/C22H27N7O3S/c1-27(2)15-10-16-17(32-9-8-31-16)11-18(15)33-22-26-19-20(23)24-13-25-21(19)29(22)6-3-5-28-7-4-14(30)12-28/h10-11,13H,3-9,12H2,1-2H3,(H2,23,24,25). The minimum atomic E-state index is 0.315. The van der Waals surface area contributed by atoms with Crippen LogP contribution in [0.25, 0.3) is 11.2 Å². The number of carbonyl (C=O) groups is 1. The number of hydrogen-bond acceptors (Lipinski definition) is 10. The summed E-state index contributed by atoms with van der Waals surface area (Å²) >= 11 is 1.54. The molecule has 0 atom stereocenters. The molecule has 2 N–H and O–H groups in total. The zero-order chi connectivity index (χ0) is 22.9. The first-order valence-electron chi connectivity index (χ1n) is 11.0. The number of aromatic nitrogens is 4. The molecule has 0 saturated carbocycles. The van der Waals surface area contributed by atoms with E-state index >= 15 is 0 Å². The molecule has 10 nitrogen and oxygen atoms in total. The second-order valence-electron chi connectivity index (χ2n) is 8.36. The van der Waals surface area contributed by atoms with E-state index in [0.717, 1.165) is 46.7 Å². The van der Waals surface area contributed by atoms with Gasteiger partial charge in [0.1, 0.15) is 25.3 Å². The fourth-order valence-corrected chi connectivity index (χ4v) is 5.27. The van der Waals surface area contributed by atoms with Gasteiger partial charge in [-0.3, -0.25) is 9.69 Å². The van der Waals surface area contributed by atoms with Crippen LogP contribution in [0.2, 0.25) is 0 Å². The highest BCUT2D eigenvalue weighted by Gasteiger charge is 2.22. The van der Waals surface area contributed by atoms with Crippen LogP contribution in [-0.4, -0.2) is 77.1 Å². The lowest BCUT2D eigenvalue weighted by atomic mass is 10.2. The molecule has 1 fully saturated rings. The molecule has 2 aliphatic heterocycles. The van der Waals surface area contributed by atoms with E-state index in [0.29, 0.717) is 55.5 Å². The summed E-state index contributed by atoms with van der Waals surface area (Å²) in [7, 11) is 4.00. The number of fused-ring (bicyclic) bond motifs is 2. The van der Waals surface area contributed by atoms with Crippen molar-refractivity contribution in [2.24, 2.45) is 0 Å². The number of carbonyl (C=O) groups excluding carboxylic acids is 1. The third-order valence-electron chi connectivity index (χ3n) is 5.79. The molecule has 33 heavy (non-hydrogen) atoms. The summed E-state index contributed by atoms with van der Waals surface area (Å²) in [4.78, 5) is 30.2. The molecule has 5 rings (SSSR count). The van der Waals surface area contributed by atoms with Gasteiger partial charge in [-0.25, -0.2) is 15.0 Å². The van der Waals surface area contributed by atoms with Crippen LogP contribution >= 0.6 is 11.8 Å². The quantitative estimate of drug-likeness (QED) is 0.552. The largest absolute Gasteiger partial charge is 0.486 e. The van der Waals surface area contributed by atoms with Crippen LogP contribution in [-0.2, 0) is 11.3 Å². The van der Waals surface area contributed by atoms with Gasteiger partial charge in [0.25, 0.3) is 0 Å². The molecule has 4 heterocycles. The second kappa shape index (κ2) is 9.06. The van der Waals surface area contributed by atoms with Crippen molar-refractivity contribution in [2.45, 2.75) is 29.4 Å². The minimum absolute atomic E-state index is 0.315. The fraction of sp³-hybridized carbons (Fsp3) is 0.455. The van der Waals surface area contributed by atoms with Crippen LogP contribution in [0.15, 0.2) is 28.5 Å². The molecular weight excluding hydrogens is 442 g/mol. The van der Waals surface area contributed by atoms with E-state index in [2.05, 4.69) is 19.4 Å². The van der Waals surface area contributed by atoms with Gasteiger partial charge in [0.05, 0.1) is 12.2 Å². The predicted molar refractivity (Wildman–Crippen MR) is 126 cm³/mol. The van der Waals surface area contributed by atoms with Gasteiger partial charge in [0, 0.05) is 57.2 Å². The third kappa shape index (κ3) is 4.42. The molecule has 0 bridgehead atoms. The molecule has 0 unspecified atom stereocenters. The number of nitrogens with two attached hydrogens (primary N) is 1. The Morgan fingerprint density at radius 2 is 1.94 bits per heavy atom.